The van der Waals surface area contributed by atoms with Crippen LogP contribution in [-0.4, -0.2) is 193 Å². The second-order valence-corrected chi connectivity index (χ2v) is 26.7. The van der Waals surface area contributed by atoms with Crippen LogP contribution in [-0.2, 0) is 33.2 Å². The van der Waals surface area contributed by atoms with Gasteiger partial charge in [-0.25, -0.2) is 0 Å². The first-order chi connectivity index (χ1) is 45.8. The zero-order valence-electron chi connectivity index (χ0n) is 58.2. The zero-order valence-corrected chi connectivity index (χ0v) is 58.2. The number of nitrogens with one attached hydrogen (secondary N) is 1. The summed E-state index contributed by atoms with van der Waals surface area (Å²) >= 11 is 0. The Bertz CT molecular complexity index is 1940. The molecule has 3 rings (SSSR count). The highest BCUT2D eigenvalue weighted by Crippen LogP contribution is 2.33. The Morgan fingerprint density at radius 3 is 1.15 bits per heavy atom. The molecule has 19 heteroatoms. The fraction of sp³-hybridized carbons (Fsp3) is 0.853. The Hall–Kier alpha value is -2.51. The van der Waals surface area contributed by atoms with Gasteiger partial charge in [-0.1, -0.05) is 274 Å². The van der Waals surface area contributed by atoms with Gasteiger partial charge in [0.05, 0.1) is 38.6 Å². The third kappa shape index (κ3) is 37.1. The summed E-state index contributed by atoms with van der Waals surface area (Å²) in [6, 6.07) is -0.887. The van der Waals surface area contributed by atoms with Gasteiger partial charge in [0, 0.05) is 6.42 Å². The number of carbonyl (C=O) groups excluding carboxylic acids is 1. The Labute approximate surface area is 566 Å². The maximum absolute atomic E-state index is 13.4. The third-order valence-corrected chi connectivity index (χ3v) is 18.6. The highest BCUT2D eigenvalue weighted by atomic mass is 16.8. The van der Waals surface area contributed by atoms with Crippen LogP contribution in [0.4, 0.5) is 0 Å². The van der Waals surface area contributed by atoms with Crippen LogP contribution in [0.5, 0.6) is 0 Å². The van der Waals surface area contributed by atoms with Crippen molar-refractivity contribution in [2.45, 2.75) is 381 Å². The van der Waals surface area contributed by atoms with E-state index in [4.69, 9.17) is 28.4 Å². The van der Waals surface area contributed by atoms with Crippen molar-refractivity contribution in [2.24, 2.45) is 0 Å². The van der Waals surface area contributed by atoms with E-state index in [0.717, 1.165) is 77.0 Å². The lowest BCUT2D eigenvalue weighted by Gasteiger charge is -2.48. The van der Waals surface area contributed by atoms with Gasteiger partial charge in [-0.05, 0) is 57.8 Å². The largest absolute Gasteiger partial charge is 0.394 e. The molecule has 0 spiro atoms. The number of rotatable bonds is 58. The van der Waals surface area contributed by atoms with Crippen LogP contribution in [0.3, 0.4) is 0 Å². The van der Waals surface area contributed by atoms with Crippen LogP contribution in [0.2, 0.25) is 0 Å². The van der Waals surface area contributed by atoms with Gasteiger partial charge < -0.3 is 89.9 Å². The van der Waals surface area contributed by atoms with Crippen molar-refractivity contribution in [1.82, 2.24) is 5.32 Å². The van der Waals surface area contributed by atoms with Crippen molar-refractivity contribution in [3.63, 3.8) is 0 Å². The molecule has 19 nitrogen and oxygen atoms in total. The number of carbonyl (C=O) groups is 1. The van der Waals surface area contributed by atoms with Crippen LogP contribution >= 0.6 is 0 Å². The normalized spacial score (nSPS) is 27.7. The number of ether oxygens (including phenoxy) is 6. The fourth-order valence-electron chi connectivity index (χ4n) is 12.6. The minimum absolute atomic E-state index is 0.241. The molecular weight excluding hydrogens is 1200 g/mol. The Kier molecular flexibility index (Phi) is 51.3. The number of hydrogen-bond donors (Lipinski definition) is 12. The molecule has 12 N–H and O–H groups in total. The average Bonchev–Trinajstić information content (AvgIpc) is 0.792. The molecule has 0 radical (unpaired) electrons. The highest BCUT2D eigenvalue weighted by Gasteiger charge is 2.53. The van der Waals surface area contributed by atoms with Crippen molar-refractivity contribution in [2.75, 3.05) is 26.4 Å². The lowest BCUT2D eigenvalue weighted by atomic mass is 9.96. The van der Waals surface area contributed by atoms with Gasteiger partial charge in [-0.15, -0.1) is 0 Å². The van der Waals surface area contributed by atoms with Crippen LogP contribution < -0.4 is 5.32 Å². The molecule has 0 aliphatic carbocycles. The number of allylic oxidation sites excluding steroid dienone is 10. The molecule has 0 aromatic carbocycles. The number of aliphatic hydroxyl groups excluding tert-OH is 11. The lowest BCUT2D eigenvalue weighted by molar-refractivity contribution is -0.379. The smallest absolute Gasteiger partial charge is 0.220 e. The molecule has 0 saturated carbocycles. The maximum atomic E-state index is 13.4. The number of amides is 1. The monoisotopic (exact) mass is 1340 g/mol. The van der Waals surface area contributed by atoms with Gasteiger partial charge in [-0.2, -0.15) is 0 Å². The summed E-state index contributed by atoms with van der Waals surface area (Å²) in [5, 5.41) is 121. The summed E-state index contributed by atoms with van der Waals surface area (Å²) in [5.74, 6) is -0.241. The molecule has 0 aromatic rings. The summed E-state index contributed by atoms with van der Waals surface area (Å²) < 4.78 is 34.4. The number of aliphatic hydroxyl groups is 11. The average molecular weight is 1340 g/mol. The van der Waals surface area contributed by atoms with Crippen LogP contribution in [0.15, 0.2) is 60.8 Å². The Morgan fingerprint density at radius 2 is 0.734 bits per heavy atom. The molecule has 3 heterocycles. The van der Waals surface area contributed by atoms with E-state index in [1.54, 1.807) is 0 Å². The SMILES string of the molecule is CC/C=C\C/C=C\C/C=C\C/C=C\C/C=C\CCCCCCCCCCCCCCCCCCCCCC(=O)NC(COC1OC(CO)C(OC2OC(CO)C(OC3OC(CO)C(O)C(O)C3O)C(O)C2O)C(O)C1O)C(O)CCCCCCCCCCCCCCCC. The molecule has 0 aromatic heterocycles. The van der Waals surface area contributed by atoms with E-state index in [2.05, 4.69) is 79.9 Å². The summed E-state index contributed by atoms with van der Waals surface area (Å²) in [6.45, 7) is 1.70. The maximum Gasteiger partial charge on any atom is 0.220 e. The third-order valence-electron chi connectivity index (χ3n) is 18.6. The summed E-state index contributed by atoms with van der Waals surface area (Å²) in [6.07, 6.45) is 43.2. The zero-order chi connectivity index (χ0) is 68.2. The van der Waals surface area contributed by atoms with Crippen molar-refractivity contribution in [3.05, 3.63) is 60.8 Å². The minimum Gasteiger partial charge on any atom is -0.394 e. The minimum atomic E-state index is -1.97. The topological polar surface area (TPSA) is 307 Å². The molecule has 3 aliphatic rings. The van der Waals surface area contributed by atoms with Crippen LogP contribution in [0.1, 0.15) is 277 Å². The highest BCUT2D eigenvalue weighted by molar-refractivity contribution is 5.76. The number of unbranched alkanes of at least 4 members (excludes halogenated alkanes) is 32. The first-order valence-corrected chi connectivity index (χ1v) is 37.5. The Morgan fingerprint density at radius 1 is 0.394 bits per heavy atom. The number of hydrogen-bond acceptors (Lipinski definition) is 18. The van der Waals surface area contributed by atoms with Gasteiger partial charge in [0.1, 0.15) is 73.2 Å². The molecule has 94 heavy (non-hydrogen) atoms. The van der Waals surface area contributed by atoms with E-state index >= 15 is 0 Å². The van der Waals surface area contributed by atoms with E-state index in [9.17, 15) is 61.0 Å². The second-order valence-electron chi connectivity index (χ2n) is 26.7. The molecule has 1 amide bonds. The van der Waals surface area contributed by atoms with Gasteiger partial charge >= 0.3 is 0 Å². The van der Waals surface area contributed by atoms with Crippen molar-refractivity contribution in [1.29, 1.82) is 0 Å². The van der Waals surface area contributed by atoms with E-state index in [-0.39, 0.29) is 18.9 Å². The molecule has 548 valence electrons. The standard InChI is InChI=1S/C75H135NO18/c1-3-5-7-9-11-13-15-17-19-20-21-22-23-24-25-26-27-28-29-30-31-32-33-34-35-36-37-38-39-41-43-45-47-49-51-53-63(81)76-58(59(80)52-50-48-46-44-42-40-18-16-14-12-10-8-6-4-2)57-89-73-69(87)66(84)71(61(55-78)91-73)94-75-70(88)67(85)72(62(56-79)92-75)93-74-68(86)65(83)64(82)60(54-77)90-74/h5,7,11,13,17,19,21-22,24-25,58-62,64-75,77-80,82-88H,3-4,6,8-10,12,14-16,18,20,23,26-57H2,1-2H3,(H,76,81)/b7-5-,13-11-,19-17-,22-21-,25-24-. The molecule has 3 saturated heterocycles. The van der Waals surface area contributed by atoms with Crippen LogP contribution in [0.25, 0.3) is 0 Å². The Balaban J connectivity index is 1.33. The predicted octanol–water partition coefficient (Wildman–Crippen LogP) is 11.1. The van der Waals surface area contributed by atoms with Crippen molar-refractivity contribution < 1.29 is 89.4 Å². The van der Waals surface area contributed by atoms with Gasteiger partial charge in [0.2, 0.25) is 5.91 Å². The van der Waals surface area contributed by atoms with Gasteiger partial charge in [-0.3, -0.25) is 4.79 Å². The second kappa shape index (κ2) is 56.3. The van der Waals surface area contributed by atoms with Crippen molar-refractivity contribution in [3.8, 4) is 0 Å². The van der Waals surface area contributed by atoms with Gasteiger partial charge in [0.25, 0.3) is 0 Å². The summed E-state index contributed by atoms with van der Waals surface area (Å²) in [4.78, 5) is 13.4. The predicted molar refractivity (Wildman–Crippen MR) is 369 cm³/mol. The van der Waals surface area contributed by atoms with E-state index in [0.29, 0.717) is 12.8 Å². The molecule has 17 atom stereocenters. The van der Waals surface area contributed by atoms with Crippen molar-refractivity contribution >= 4 is 5.91 Å². The van der Waals surface area contributed by atoms with E-state index < -0.39 is 124 Å². The van der Waals surface area contributed by atoms with Gasteiger partial charge in [0.15, 0.2) is 18.9 Å². The van der Waals surface area contributed by atoms with Crippen LogP contribution in [0, 0.1) is 0 Å². The fourth-order valence-corrected chi connectivity index (χ4v) is 12.6. The first kappa shape index (κ1) is 85.7. The molecule has 17 unspecified atom stereocenters. The summed E-state index contributed by atoms with van der Waals surface area (Å²) in [7, 11) is 0. The summed E-state index contributed by atoms with van der Waals surface area (Å²) in [5.41, 5.74) is 0. The molecule has 3 fully saturated rings. The van der Waals surface area contributed by atoms with E-state index in [1.807, 2.05) is 0 Å². The lowest BCUT2D eigenvalue weighted by Crippen LogP contribution is -2.66. The molecular formula is C75H135NO18. The first-order valence-electron chi connectivity index (χ1n) is 37.5. The molecule has 0 bridgehead atoms. The quantitative estimate of drug-likeness (QED) is 0.0199. The molecule has 3 aliphatic heterocycles. The van der Waals surface area contributed by atoms with E-state index in [1.165, 1.54) is 167 Å².